The second kappa shape index (κ2) is 10.0. The number of anilines is 2. The van der Waals surface area contributed by atoms with Crippen LogP contribution >= 0.6 is 18.6 Å². The highest BCUT2D eigenvalue weighted by Crippen LogP contribution is 2.34. The maximum Gasteiger partial charge on any atom is 0.265 e. The van der Waals surface area contributed by atoms with Gasteiger partial charge in [0, 0.05) is 39.1 Å². The molecule has 1 heterocycles. The maximum atomic E-state index is 13.7. The minimum atomic E-state index is -4.10. The van der Waals surface area contributed by atoms with E-state index in [4.69, 9.17) is 9.47 Å². The van der Waals surface area contributed by atoms with Crippen LogP contribution in [0.15, 0.2) is 47.4 Å². The van der Waals surface area contributed by atoms with Gasteiger partial charge in [-0.15, -0.1) is 0 Å². The highest BCUT2D eigenvalue weighted by atomic mass is 32.2. The van der Waals surface area contributed by atoms with Gasteiger partial charge in [-0.05, 0) is 33.7 Å². The summed E-state index contributed by atoms with van der Waals surface area (Å²) in [7, 11) is 3.04. The van der Waals surface area contributed by atoms with Crippen molar-refractivity contribution in [2.45, 2.75) is 23.8 Å². The van der Waals surface area contributed by atoms with Crippen LogP contribution in [-0.2, 0) is 19.6 Å². The molecule has 0 radical (unpaired) electrons. The SMILES string of the molecule is COc1cc(N(P)C(=O)C2CC(=O)N(C)C2)ccc1S(=O)(=O)Nc1cccc(OC(C)(F)P)c1. The number of nitrogens with zero attached hydrogens (tertiary/aromatic N) is 2. The van der Waals surface area contributed by atoms with Crippen molar-refractivity contribution in [2.75, 3.05) is 30.1 Å². The van der Waals surface area contributed by atoms with Crippen LogP contribution in [0.3, 0.4) is 0 Å². The van der Waals surface area contributed by atoms with Gasteiger partial charge in [-0.2, -0.15) is 4.39 Å². The highest BCUT2D eigenvalue weighted by Gasteiger charge is 2.34. The molecule has 0 bridgehead atoms. The summed E-state index contributed by atoms with van der Waals surface area (Å²) in [5.41, 5.74) is -1.47. The van der Waals surface area contributed by atoms with Crippen LogP contribution in [0.25, 0.3) is 0 Å². The number of carbonyl (C=O) groups excluding carboxylic acids is 2. The Morgan fingerprint density at radius 3 is 2.59 bits per heavy atom. The van der Waals surface area contributed by atoms with Crippen LogP contribution in [0, 0.1) is 5.92 Å². The summed E-state index contributed by atoms with van der Waals surface area (Å²) in [5.74, 6) is -0.739. The fourth-order valence-corrected chi connectivity index (χ4v) is 5.15. The summed E-state index contributed by atoms with van der Waals surface area (Å²) in [6, 6.07) is 10.1. The largest absolute Gasteiger partial charge is 0.495 e. The molecule has 9 nitrogen and oxygen atoms in total. The van der Waals surface area contributed by atoms with E-state index in [2.05, 4.69) is 14.1 Å². The molecule has 0 aromatic heterocycles. The molecule has 4 atom stereocenters. The second-order valence-electron chi connectivity index (χ2n) is 7.94. The van der Waals surface area contributed by atoms with E-state index in [1.54, 1.807) is 7.05 Å². The van der Waals surface area contributed by atoms with Gasteiger partial charge in [0.1, 0.15) is 16.4 Å². The van der Waals surface area contributed by atoms with Gasteiger partial charge in [0.15, 0.2) is 0 Å². The van der Waals surface area contributed by atoms with Crippen molar-refractivity contribution in [2.24, 2.45) is 5.92 Å². The number of nitrogens with one attached hydrogen (secondary N) is 1. The first kappa shape index (κ1) is 26.1. The van der Waals surface area contributed by atoms with Crippen LogP contribution in [0.1, 0.15) is 13.3 Å². The van der Waals surface area contributed by atoms with E-state index in [1.165, 1.54) is 66.1 Å². The first-order valence-corrected chi connectivity index (χ1v) is 12.7. The van der Waals surface area contributed by atoms with Crippen LogP contribution in [0.4, 0.5) is 15.8 Å². The molecule has 34 heavy (non-hydrogen) atoms. The number of hydrogen-bond donors (Lipinski definition) is 1. The molecule has 1 fully saturated rings. The number of rotatable bonds is 8. The first-order chi connectivity index (χ1) is 15.8. The average Bonchev–Trinajstić information content (AvgIpc) is 3.09. The zero-order valence-corrected chi connectivity index (χ0v) is 21.9. The van der Waals surface area contributed by atoms with E-state index in [9.17, 15) is 22.4 Å². The maximum absolute atomic E-state index is 13.7. The Morgan fingerprint density at radius 1 is 1.29 bits per heavy atom. The lowest BCUT2D eigenvalue weighted by atomic mass is 10.1. The third-order valence-corrected chi connectivity index (χ3v) is 7.14. The monoisotopic (exact) mass is 529 g/mol. The number of methoxy groups -OCH3 is 1. The van der Waals surface area contributed by atoms with Crippen molar-refractivity contribution >= 4 is 51.8 Å². The van der Waals surface area contributed by atoms with Gasteiger partial charge >= 0.3 is 0 Å². The second-order valence-corrected chi connectivity index (χ2v) is 11.1. The van der Waals surface area contributed by atoms with Crippen LogP contribution in [0.2, 0.25) is 0 Å². The van der Waals surface area contributed by atoms with E-state index in [0.717, 1.165) is 0 Å². The van der Waals surface area contributed by atoms with Crippen LogP contribution < -0.4 is 18.9 Å². The standard InChI is InChI=1S/C21H26FN3O6P2S/c1-21(22,32)31-16-6-4-5-14(10-16)23-34(28,29)18-8-7-15(11-17(18)30-3)25(33)20(27)13-9-19(26)24(2)12-13/h4-8,10-11,13,23H,9,12,32-33H2,1-3H3. The topological polar surface area (TPSA) is 105 Å². The fraction of sp³-hybridized carbons (Fsp3) is 0.333. The lowest BCUT2D eigenvalue weighted by Crippen LogP contribution is -2.30. The molecule has 13 heteroatoms. The Labute approximate surface area is 202 Å². The summed E-state index contributed by atoms with van der Waals surface area (Å²) in [6.07, 6.45) is 0.120. The molecule has 1 saturated heterocycles. The van der Waals surface area contributed by atoms with Gasteiger partial charge in [0.05, 0.1) is 24.4 Å². The quantitative estimate of drug-likeness (QED) is 0.528. The van der Waals surface area contributed by atoms with Gasteiger partial charge in [-0.1, -0.05) is 15.3 Å². The minimum Gasteiger partial charge on any atom is -0.495 e. The predicted molar refractivity (Wildman–Crippen MR) is 133 cm³/mol. The third-order valence-electron chi connectivity index (χ3n) is 5.05. The molecule has 2 aromatic carbocycles. The lowest BCUT2D eigenvalue weighted by molar-refractivity contribution is -0.127. The molecule has 1 aliphatic rings. The van der Waals surface area contributed by atoms with Crippen molar-refractivity contribution in [1.29, 1.82) is 0 Å². The van der Waals surface area contributed by atoms with E-state index >= 15 is 0 Å². The van der Waals surface area contributed by atoms with Crippen molar-refractivity contribution in [3.8, 4) is 11.5 Å². The van der Waals surface area contributed by atoms with Crippen molar-refractivity contribution in [3.63, 3.8) is 0 Å². The summed E-state index contributed by atoms with van der Waals surface area (Å²) in [6.45, 7) is 1.51. The smallest absolute Gasteiger partial charge is 0.265 e. The van der Waals surface area contributed by atoms with E-state index in [1.807, 2.05) is 9.24 Å². The Kier molecular flexibility index (Phi) is 7.70. The van der Waals surface area contributed by atoms with Gasteiger partial charge in [-0.25, -0.2) is 8.42 Å². The molecular formula is C21H26FN3O6P2S. The number of carbonyl (C=O) groups is 2. The Hall–Kier alpha value is -2.48. The van der Waals surface area contributed by atoms with Gasteiger partial charge in [0.2, 0.25) is 11.8 Å². The molecule has 0 aliphatic carbocycles. The number of benzene rings is 2. The number of hydrogen-bond acceptors (Lipinski definition) is 6. The molecule has 184 valence electrons. The minimum absolute atomic E-state index is 0.0126. The molecule has 1 aliphatic heterocycles. The van der Waals surface area contributed by atoms with Crippen molar-refractivity contribution in [3.05, 3.63) is 42.5 Å². The summed E-state index contributed by atoms with van der Waals surface area (Å²) < 4.78 is 53.9. The Balaban J connectivity index is 1.83. The number of ether oxygens (including phenoxy) is 2. The molecular weight excluding hydrogens is 503 g/mol. The zero-order valence-electron chi connectivity index (χ0n) is 18.8. The zero-order chi connectivity index (χ0) is 25.3. The summed E-state index contributed by atoms with van der Waals surface area (Å²) in [5, 5.41) is 0. The molecule has 2 aromatic rings. The molecule has 0 saturated carbocycles. The number of likely N-dealkylation sites (tertiary alicyclic amines) is 1. The molecule has 0 spiro atoms. The molecule has 4 unspecified atom stereocenters. The van der Waals surface area contributed by atoms with Crippen molar-refractivity contribution in [1.82, 2.24) is 4.90 Å². The fourth-order valence-electron chi connectivity index (χ4n) is 3.44. The normalized spacial score (nSPS) is 17.8. The van der Waals surface area contributed by atoms with Crippen LogP contribution in [0.5, 0.6) is 11.5 Å². The Bertz CT molecular complexity index is 1210. The lowest BCUT2D eigenvalue weighted by Gasteiger charge is -2.22. The number of amides is 2. The van der Waals surface area contributed by atoms with Gasteiger partial charge in [0.25, 0.3) is 15.6 Å². The average molecular weight is 529 g/mol. The van der Waals surface area contributed by atoms with Crippen LogP contribution in [-0.4, -0.2) is 51.4 Å². The number of alkyl halides is 1. The van der Waals surface area contributed by atoms with Gasteiger partial charge in [-0.3, -0.25) is 19.0 Å². The Morgan fingerprint density at radius 2 is 2.00 bits per heavy atom. The van der Waals surface area contributed by atoms with E-state index in [-0.39, 0.29) is 40.3 Å². The first-order valence-electron chi connectivity index (χ1n) is 10.1. The third kappa shape index (κ3) is 6.14. The van der Waals surface area contributed by atoms with E-state index in [0.29, 0.717) is 12.2 Å². The summed E-state index contributed by atoms with van der Waals surface area (Å²) >= 11 is 0. The molecule has 3 rings (SSSR count). The summed E-state index contributed by atoms with van der Waals surface area (Å²) in [4.78, 5) is 25.9. The number of halogens is 1. The highest BCUT2D eigenvalue weighted by molar-refractivity contribution is 7.92. The van der Waals surface area contributed by atoms with Crippen molar-refractivity contribution < 1.29 is 31.9 Å². The van der Waals surface area contributed by atoms with E-state index < -0.39 is 21.5 Å². The number of sulfonamides is 1. The molecule has 1 N–H and O–H groups in total. The van der Waals surface area contributed by atoms with Gasteiger partial charge < -0.3 is 14.4 Å². The predicted octanol–water partition coefficient (Wildman–Crippen LogP) is 2.99. The molecule has 2 amide bonds.